The quantitative estimate of drug-likeness (QED) is 0.697. The van der Waals surface area contributed by atoms with Gasteiger partial charge in [-0.05, 0) is 25.5 Å². The summed E-state index contributed by atoms with van der Waals surface area (Å²) in [6.45, 7) is 6.71. The molecule has 0 spiro atoms. The molecular weight excluding hydrogens is 242 g/mol. The van der Waals surface area contributed by atoms with Crippen LogP contribution in [0.4, 0.5) is 5.69 Å². The molecule has 0 saturated heterocycles. The lowest BCUT2D eigenvalue weighted by Gasteiger charge is -2.24. The van der Waals surface area contributed by atoms with E-state index in [-0.39, 0.29) is 6.42 Å². The average molecular weight is 265 g/mol. The van der Waals surface area contributed by atoms with Crippen molar-refractivity contribution in [2.75, 3.05) is 31.2 Å². The first-order chi connectivity index (χ1) is 9.13. The monoisotopic (exact) mass is 265 g/mol. The molecule has 4 heteroatoms. The van der Waals surface area contributed by atoms with Crippen molar-refractivity contribution < 1.29 is 14.6 Å². The minimum atomic E-state index is -0.772. The van der Waals surface area contributed by atoms with Crippen LogP contribution in [0.3, 0.4) is 0 Å². The molecular formula is C15H23NO3. The van der Waals surface area contributed by atoms with Crippen LogP contribution in [0.15, 0.2) is 24.3 Å². The maximum absolute atomic E-state index is 10.7. The number of ether oxygens (including phenoxy) is 1. The number of carboxylic acids is 1. The first kappa shape index (κ1) is 15.5. The van der Waals surface area contributed by atoms with Crippen molar-refractivity contribution in [3.05, 3.63) is 29.8 Å². The number of hydrogen-bond acceptors (Lipinski definition) is 3. The van der Waals surface area contributed by atoms with Gasteiger partial charge in [-0.3, -0.25) is 4.79 Å². The fraction of sp³-hybridized carbons (Fsp3) is 0.533. The summed E-state index contributed by atoms with van der Waals surface area (Å²) in [7, 11) is 0. The minimum Gasteiger partial charge on any atom is -0.481 e. The molecule has 4 nitrogen and oxygen atoms in total. The Kier molecular flexibility index (Phi) is 6.97. The number of anilines is 1. The normalized spacial score (nSPS) is 10.4. The van der Waals surface area contributed by atoms with Crippen LogP contribution in [0.1, 0.15) is 25.3 Å². The van der Waals surface area contributed by atoms with Gasteiger partial charge in [-0.2, -0.15) is 0 Å². The Bertz CT molecular complexity index is 375. The molecule has 19 heavy (non-hydrogen) atoms. The molecule has 1 aromatic rings. The largest absolute Gasteiger partial charge is 0.481 e. The third-order valence-electron chi connectivity index (χ3n) is 2.85. The highest BCUT2D eigenvalue weighted by Crippen LogP contribution is 2.15. The summed E-state index contributed by atoms with van der Waals surface area (Å²) in [4.78, 5) is 12.8. The highest BCUT2D eigenvalue weighted by Gasteiger charge is 2.08. The van der Waals surface area contributed by atoms with Gasteiger partial charge >= 0.3 is 5.97 Å². The number of aryl methyl sites for hydroxylation is 1. The summed E-state index contributed by atoms with van der Waals surface area (Å²) in [6.07, 6.45) is 1.14. The Morgan fingerprint density at radius 2 is 1.89 bits per heavy atom. The lowest BCUT2D eigenvalue weighted by Crippen LogP contribution is -2.30. The smallest absolute Gasteiger partial charge is 0.305 e. The molecule has 0 bridgehead atoms. The fourth-order valence-corrected chi connectivity index (χ4v) is 1.78. The van der Waals surface area contributed by atoms with Crippen LogP contribution >= 0.6 is 0 Å². The lowest BCUT2D eigenvalue weighted by atomic mass is 10.2. The van der Waals surface area contributed by atoms with Crippen LogP contribution in [0.5, 0.6) is 0 Å². The number of benzene rings is 1. The van der Waals surface area contributed by atoms with Gasteiger partial charge in [0.25, 0.3) is 0 Å². The van der Waals surface area contributed by atoms with E-state index in [2.05, 4.69) is 11.8 Å². The van der Waals surface area contributed by atoms with Gasteiger partial charge in [0.15, 0.2) is 0 Å². The van der Waals surface area contributed by atoms with E-state index in [1.807, 2.05) is 31.2 Å². The molecule has 1 rings (SSSR count). The molecule has 0 fully saturated rings. The van der Waals surface area contributed by atoms with Crippen LogP contribution < -0.4 is 4.90 Å². The second-order valence-corrected chi connectivity index (χ2v) is 4.58. The molecule has 106 valence electrons. The van der Waals surface area contributed by atoms with E-state index < -0.39 is 5.97 Å². The van der Waals surface area contributed by atoms with Crippen molar-refractivity contribution in [2.45, 2.75) is 26.7 Å². The molecule has 0 heterocycles. The van der Waals surface area contributed by atoms with Crippen molar-refractivity contribution in [3.63, 3.8) is 0 Å². The Hall–Kier alpha value is -1.55. The van der Waals surface area contributed by atoms with Crippen molar-refractivity contribution >= 4 is 11.7 Å². The Labute approximate surface area is 115 Å². The van der Waals surface area contributed by atoms with Gasteiger partial charge in [0.2, 0.25) is 0 Å². The van der Waals surface area contributed by atoms with E-state index >= 15 is 0 Å². The van der Waals surface area contributed by atoms with E-state index in [9.17, 15) is 4.79 Å². The Morgan fingerprint density at radius 3 is 2.47 bits per heavy atom. The predicted molar refractivity (Wildman–Crippen MR) is 76.8 cm³/mol. The van der Waals surface area contributed by atoms with Crippen LogP contribution in [-0.4, -0.2) is 37.4 Å². The lowest BCUT2D eigenvalue weighted by molar-refractivity contribution is -0.136. The number of nitrogens with zero attached hydrogens (tertiary/aromatic N) is 1. The van der Waals surface area contributed by atoms with Gasteiger partial charge in [-0.25, -0.2) is 0 Å². The fourth-order valence-electron chi connectivity index (χ4n) is 1.78. The van der Waals surface area contributed by atoms with Crippen LogP contribution in [0, 0.1) is 6.92 Å². The third kappa shape index (κ3) is 6.25. The molecule has 0 amide bonds. The topological polar surface area (TPSA) is 49.8 Å². The van der Waals surface area contributed by atoms with E-state index in [0.717, 1.165) is 25.3 Å². The molecule has 0 aliphatic carbocycles. The van der Waals surface area contributed by atoms with Crippen LogP contribution in [0.2, 0.25) is 0 Å². The molecule has 0 unspecified atom stereocenters. The highest BCUT2D eigenvalue weighted by molar-refractivity contribution is 5.67. The van der Waals surface area contributed by atoms with Gasteiger partial charge in [0, 0.05) is 25.4 Å². The summed E-state index contributed by atoms with van der Waals surface area (Å²) in [6, 6.07) is 8.13. The maximum atomic E-state index is 10.7. The van der Waals surface area contributed by atoms with Crippen molar-refractivity contribution in [1.82, 2.24) is 0 Å². The number of rotatable bonds is 9. The van der Waals surface area contributed by atoms with E-state index in [4.69, 9.17) is 9.84 Å². The van der Waals surface area contributed by atoms with Crippen molar-refractivity contribution in [1.29, 1.82) is 0 Å². The number of hydrogen-bond donors (Lipinski definition) is 1. The van der Waals surface area contributed by atoms with Crippen LogP contribution in [-0.2, 0) is 9.53 Å². The van der Waals surface area contributed by atoms with E-state index in [1.54, 1.807) is 0 Å². The molecule has 0 atom stereocenters. The maximum Gasteiger partial charge on any atom is 0.305 e. The molecule has 0 aliphatic rings. The Balaban J connectivity index is 2.57. The van der Waals surface area contributed by atoms with Gasteiger partial charge in [-0.15, -0.1) is 0 Å². The predicted octanol–water partition coefficient (Wildman–Crippen LogP) is 2.70. The van der Waals surface area contributed by atoms with Gasteiger partial charge < -0.3 is 14.7 Å². The molecule has 0 saturated carbocycles. The van der Waals surface area contributed by atoms with Crippen molar-refractivity contribution in [3.8, 4) is 0 Å². The first-order valence-corrected chi connectivity index (χ1v) is 6.74. The van der Waals surface area contributed by atoms with Crippen molar-refractivity contribution in [2.24, 2.45) is 0 Å². The summed E-state index contributed by atoms with van der Waals surface area (Å²) in [5.74, 6) is -0.772. The average Bonchev–Trinajstić information content (AvgIpc) is 2.39. The molecule has 0 aliphatic heterocycles. The van der Waals surface area contributed by atoms with Gasteiger partial charge in [0.1, 0.15) is 0 Å². The number of carboxylic acid groups (broad SMARTS) is 1. The number of carbonyl (C=O) groups is 1. The SMILES string of the molecule is CCCOCCN(CCC(=O)O)c1ccc(C)cc1. The van der Waals surface area contributed by atoms with Gasteiger partial charge in [-0.1, -0.05) is 24.6 Å². The molecule has 1 N–H and O–H groups in total. The van der Waals surface area contributed by atoms with Crippen LogP contribution in [0.25, 0.3) is 0 Å². The summed E-state index contributed by atoms with van der Waals surface area (Å²) < 4.78 is 5.48. The minimum absolute atomic E-state index is 0.141. The highest BCUT2D eigenvalue weighted by atomic mass is 16.5. The summed E-state index contributed by atoms with van der Waals surface area (Å²) in [5.41, 5.74) is 2.25. The third-order valence-corrected chi connectivity index (χ3v) is 2.85. The standard InChI is InChI=1S/C15H23NO3/c1-3-11-19-12-10-16(9-8-15(17)18)14-6-4-13(2)5-7-14/h4-7H,3,8-12H2,1-2H3,(H,17,18). The zero-order valence-corrected chi connectivity index (χ0v) is 11.8. The zero-order chi connectivity index (χ0) is 14.1. The van der Waals surface area contributed by atoms with E-state index in [0.29, 0.717) is 13.2 Å². The molecule has 0 aromatic heterocycles. The van der Waals surface area contributed by atoms with Gasteiger partial charge in [0.05, 0.1) is 13.0 Å². The zero-order valence-electron chi connectivity index (χ0n) is 11.8. The summed E-state index contributed by atoms with van der Waals surface area (Å²) >= 11 is 0. The second-order valence-electron chi connectivity index (χ2n) is 4.58. The second kappa shape index (κ2) is 8.53. The molecule has 1 aromatic carbocycles. The number of aliphatic carboxylic acids is 1. The summed E-state index contributed by atoms with van der Waals surface area (Å²) in [5, 5.41) is 8.81. The Morgan fingerprint density at radius 1 is 1.21 bits per heavy atom. The first-order valence-electron chi connectivity index (χ1n) is 6.74. The molecule has 0 radical (unpaired) electrons. The van der Waals surface area contributed by atoms with E-state index in [1.165, 1.54) is 5.56 Å².